The van der Waals surface area contributed by atoms with Crippen LogP contribution in [0.25, 0.3) is 0 Å². The highest BCUT2D eigenvalue weighted by Crippen LogP contribution is 2.39. The van der Waals surface area contributed by atoms with Crippen molar-refractivity contribution < 1.29 is 19.4 Å². The largest absolute Gasteiger partial charge is 0.504 e. The van der Waals surface area contributed by atoms with Gasteiger partial charge >= 0.3 is 5.97 Å². The molecule has 0 fully saturated rings. The third kappa shape index (κ3) is 3.38. The Balaban J connectivity index is 2.01. The lowest BCUT2D eigenvalue weighted by Crippen LogP contribution is -2.26. The standard InChI is InChI=1S/C18H20N2O4S/c1-20-8-7-12-14(10-20)25-17(15(12)18(22)24-3)19-9-11-5-4-6-13(23-2)16(11)21/h4-6,9,21H,7-8,10H2,1-3H3/b19-9+. The van der Waals surface area contributed by atoms with Gasteiger partial charge in [0.05, 0.1) is 19.8 Å². The van der Waals surface area contributed by atoms with E-state index in [0.717, 1.165) is 30.0 Å². The lowest BCUT2D eigenvalue weighted by molar-refractivity contribution is 0.0600. The first-order chi connectivity index (χ1) is 12.0. The van der Waals surface area contributed by atoms with Crippen LogP contribution in [0.2, 0.25) is 0 Å². The number of likely N-dealkylation sites (N-methyl/N-ethyl adjacent to an activating group) is 1. The van der Waals surface area contributed by atoms with Crippen molar-refractivity contribution in [3.05, 3.63) is 39.8 Å². The average molecular weight is 360 g/mol. The number of carbonyl (C=O) groups excluding carboxylic acids is 1. The molecule has 0 atom stereocenters. The Bertz CT molecular complexity index is 829. The highest BCUT2D eigenvalue weighted by molar-refractivity contribution is 7.16. The van der Waals surface area contributed by atoms with E-state index in [4.69, 9.17) is 9.47 Å². The molecule has 0 aliphatic carbocycles. The van der Waals surface area contributed by atoms with Crippen LogP contribution in [0.4, 0.5) is 5.00 Å². The van der Waals surface area contributed by atoms with E-state index in [2.05, 4.69) is 16.9 Å². The lowest BCUT2D eigenvalue weighted by atomic mass is 10.0. The van der Waals surface area contributed by atoms with E-state index in [1.165, 1.54) is 25.6 Å². The summed E-state index contributed by atoms with van der Waals surface area (Å²) < 4.78 is 10.1. The van der Waals surface area contributed by atoms with Gasteiger partial charge in [-0.25, -0.2) is 9.79 Å². The van der Waals surface area contributed by atoms with E-state index in [9.17, 15) is 9.90 Å². The first-order valence-corrected chi connectivity index (χ1v) is 8.68. The summed E-state index contributed by atoms with van der Waals surface area (Å²) in [7, 11) is 4.93. The van der Waals surface area contributed by atoms with Crippen molar-refractivity contribution in [1.82, 2.24) is 4.90 Å². The SMILES string of the molecule is COC(=O)c1c(/N=C/c2cccc(OC)c2O)sc2c1CCN(C)C2. The summed E-state index contributed by atoms with van der Waals surface area (Å²) in [6.45, 7) is 1.69. The van der Waals surface area contributed by atoms with E-state index in [-0.39, 0.29) is 11.7 Å². The van der Waals surface area contributed by atoms with Crippen LogP contribution in [-0.2, 0) is 17.7 Å². The second-order valence-corrected chi connectivity index (χ2v) is 6.90. The number of thiophene rings is 1. The summed E-state index contributed by atoms with van der Waals surface area (Å²) in [6, 6.07) is 5.18. The Morgan fingerprint density at radius 1 is 1.40 bits per heavy atom. The Hall–Kier alpha value is -2.38. The van der Waals surface area contributed by atoms with Crippen LogP contribution in [0.15, 0.2) is 23.2 Å². The zero-order chi connectivity index (χ0) is 18.0. The predicted octanol–water partition coefficient (Wildman–Crippen LogP) is 2.99. The van der Waals surface area contributed by atoms with Gasteiger partial charge in [0.1, 0.15) is 5.00 Å². The molecule has 2 heterocycles. The molecule has 7 heteroatoms. The third-order valence-electron chi connectivity index (χ3n) is 4.19. The molecule has 1 aromatic heterocycles. The summed E-state index contributed by atoms with van der Waals surface area (Å²) in [6.07, 6.45) is 2.35. The fourth-order valence-corrected chi connectivity index (χ4v) is 4.12. The quantitative estimate of drug-likeness (QED) is 0.670. The number of carbonyl (C=O) groups is 1. The molecular formula is C18H20N2O4S. The second kappa shape index (κ2) is 7.25. The molecular weight excluding hydrogens is 340 g/mol. The van der Waals surface area contributed by atoms with Crippen molar-refractivity contribution >= 4 is 28.5 Å². The number of fused-ring (bicyclic) bond motifs is 1. The molecule has 6 nitrogen and oxygen atoms in total. The summed E-state index contributed by atoms with van der Waals surface area (Å²) in [5.41, 5.74) is 2.09. The highest BCUT2D eigenvalue weighted by atomic mass is 32.1. The van der Waals surface area contributed by atoms with Crippen LogP contribution >= 0.6 is 11.3 Å². The zero-order valence-electron chi connectivity index (χ0n) is 14.4. The molecule has 132 valence electrons. The molecule has 1 N–H and O–H groups in total. The topological polar surface area (TPSA) is 71.4 Å². The Kier molecular flexibility index (Phi) is 5.06. The maximum absolute atomic E-state index is 12.3. The fraction of sp³-hybridized carbons (Fsp3) is 0.333. The summed E-state index contributed by atoms with van der Waals surface area (Å²) in [5, 5.41) is 10.8. The number of aromatic hydroxyl groups is 1. The first-order valence-electron chi connectivity index (χ1n) is 7.86. The number of hydrogen-bond acceptors (Lipinski definition) is 7. The normalized spacial score (nSPS) is 14.5. The molecule has 0 amide bonds. The van der Waals surface area contributed by atoms with Crippen molar-refractivity contribution in [2.75, 3.05) is 27.8 Å². The number of benzene rings is 1. The van der Waals surface area contributed by atoms with Gasteiger partial charge in [-0.3, -0.25) is 0 Å². The smallest absolute Gasteiger partial charge is 0.341 e. The fourth-order valence-electron chi connectivity index (χ4n) is 2.86. The van der Waals surface area contributed by atoms with Crippen molar-refractivity contribution in [3.8, 4) is 11.5 Å². The van der Waals surface area contributed by atoms with Crippen molar-refractivity contribution in [2.24, 2.45) is 4.99 Å². The van der Waals surface area contributed by atoms with E-state index >= 15 is 0 Å². The molecule has 0 saturated carbocycles. The molecule has 0 saturated heterocycles. The van der Waals surface area contributed by atoms with Gasteiger partial charge in [-0.1, -0.05) is 6.07 Å². The first kappa shape index (κ1) is 17.4. The number of phenols is 1. The van der Waals surface area contributed by atoms with E-state index in [0.29, 0.717) is 21.9 Å². The van der Waals surface area contributed by atoms with Crippen LogP contribution in [0.3, 0.4) is 0 Å². The van der Waals surface area contributed by atoms with Gasteiger partial charge in [-0.15, -0.1) is 11.3 Å². The average Bonchev–Trinajstić information content (AvgIpc) is 2.97. The van der Waals surface area contributed by atoms with Gasteiger partial charge in [-0.2, -0.15) is 0 Å². The molecule has 25 heavy (non-hydrogen) atoms. The maximum atomic E-state index is 12.3. The number of rotatable bonds is 4. The van der Waals surface area contributed by atoms with Gasteiger partial charge in [0.25, 0.3) is 0 Å². The minimum absolute atomic E-state index is 0.0226. The van der Waals surface area contributed by atoms with Gasteiger partial charge in [0.2, 0.25) is 0 Å². The van der Waals surface area contributed by atoms with Gasteiger partial charge in [-0.05, 0) is 31.2 Å². The molecule has 3 rings (SSSR count). The molecule has 0 unspecified atom stereocenters. The van der Waals surface area contributed by atoms with Crippen LogP contribution in [0.5, 0.6) is 11.5 Å². The van der Waals surface area contributed by atoms with Gasteiger partial charge in [0, 0.05) is 29.7 Å². The monoisotopic (exact) mass is 360 g/mol. The second-order valence-electron chi connectivity index (χ2n) is 5.82. The van der Waals surface area contributed by atoms with Crippen LogP contribution in [0, 0.1) is 0 Å². The Morgan fingerprint density at radius 2 is 2.20 bits per heavy atom. The van der Waals surface area contributed by atoms with Crippen molar-refractivity contribution in [2.45, 2.75) is 13.0 Å². The van der Waals surface area contributed by atoms with Crippen LogP contribution in [0.1, 0.15) is 26.4 Å². The number of para-hydroxylation sites is 1. The van der Waals surface area contributed by atoms with Crippen molar-refractivity contribution in [1.29, 1.82) is 0 Å². The zero-order valence-corrected chi connectivity index (χ0v) is 15.2. The number of aliphatic imine (C=N–C) groups is 1. The Labute approximate surface area is 150 Å². The summed E-state index contributed by atoms with van der Waals surface area (Å²) >= 11 is 1.49. The molecule has 0 spiro atoms. The summed E-state index contributed by atoms with van der Waals surface area (Å²) in [5.74, 6) is 0.0303. The summed E-state index contributed by atoms with van der Waals surface area (Å²) in [4.78, 5) is 20.1. The van der Waals surface area contributed by atoms with Crippen LogP contribution in [-0.4, -0.2) is 50.0 Å². The molecule has 1 aromatic carbocycles. The van der Waals surface area contributed by atoms with E-state index < -0.39 is 0 Å². The maximum Gasteiger partial charge on any atom is 0.341 e. The predicted molar refractivity (Wildman–Crippen MR) is 97.6 cm³/mol. The lowest BCUT2D eigenvalue weighted by Gasteiger charge is -2.22. The number of esters is 1. The van der Waals surface area contributed by atoms with Crippen LogP contribution < -0.4 is 4.74 Å². The molecule has 1 aliphatic rings. The number of methoxy groups -OCH3 is 2. The van der Waals surface area contributed by atoms with Crippen molar-refractivity contribution in [3.63, 3.8) is 0 Å². The Morgan fingerprint density at radius 3 is 2.92 bits per heavy atom. The number of ether oxygens (including phenoxy) is 2. The molecule has 0 radical (unpaired) electrons. The third-order valence-corrected chi connectivity index (χ3v) is 5.31. The minimum atomic E-state index is -0.371. The highest BCUT2D eigenvalue weighted by Gasteiger charge is 2.27. The number of nitrogens with zero attached hydrogens (tertiary/aromatic N) is 2. The van der Waals surface area contributed by atoms with Gasteiger partial charge in [0.15, 0.2) is 11.5 Å². The molecule has 1 aliphatic heterocycles. The van der Waals surface area contributed by atoms with E-state index in [1.807, 2.05) is 0 Å². The van der Waals surface area contributed by atoms with Gasteiger partial charge < -0.3 is 19.5 Å². The number of phenolic OH excluding ortho intramolecular Hbond substituents is 1. The van der Waals surface area contributed by atoms with E-state index in [1.54, 1.807) is 24.4 Å². The minimum Gasteiger partial charge on any atom is -0.504 e. The number of hydrogen-bond donors (Lipinski definition) is 1. The molecule has 2 aromatic rings. The molecule has 0 bridgehead atoms.